The van der Waals surface area contributed by atoms with Gasteiger partial charge in [0.15, 0.2) is 0 Å². The number of halogens is 1. The van der Waals surface area contributed by atoms with E-state index >= 15 is 0 Å². The van der Waals surface area contributed by atoms with Crippen LogP contribution in [0.5, 0.6) is 0 Å². The third-order valence-electron chi connectivity index (χ3n) is 7.60. The van der Waals surface area contributed by atoms with Crippen LogP contribution in [-0.4, -0.2) is 52.6 Å². The first-order valence-electron chi connectivity index (χ1n) is 13.7. The number of carbonyl (C=O) groups is 1. The van der Waals surface area contributed by atoms with Gasteiger partial charge < -0.3 is 9.88 Å². The molecule has 5 nitrogen and oxygen atoms in total. The molecule has 1 aliphatic heterocycles. The summed E-state index contributed by atoms with van der Waals surface area (Å²) in [4.78, 5) is 34.6. The number of rotatable bonds is 7. The van der Waals surface area contributed by atoms with E-state index in [0.29, 0.717) is 23.0 Å². The van der Waals surface area contributed by atoms with Crippen molar-refractivity contribution < 1.29 is 4.79 Å². The minimum absolute atomic E-state index is 0.0372. The van der Waals surface area contributed by atoms with Crippen molar-refractivity contribution in [1.29, 1.82) is 0 Å². The standard InChI is InChI=1S/C34H30ClN3O2S/c35-27-16-17-29-28(22-27)31(24-10-4-1-5-11-24)33(34(40)36-29)41-23-30(39)37-18-20-38(21-19-37)32(25-12-6-2-7-13-25)26-14-8-3-9-15-26/h1-17,22,32H,18-21,23H2,(H,36,40). The lowest BCUT2D eigenvalue weighted by molar-refractivity contribution is -0.130. The number of aromatic amines is 1. The summed E-state index contributed by atoms with van der Waals surface area (Å²) in [6.07, 6.45) is 0. The maximum absolute atomic E-state index is 13.4. The van der Waals surface area contributed by atoms with Gasteiger partial charge in [-0.2, -0.15) is 0 Å². The normalized spacial score (nSPS) is 14.0. The van der Waals surface area contributed by atoms with Crippen LogP contribution in [0.15, 0.2) is 119 Å². The van der Waals surface area contributed by atoms with Gasteiger partial charge in [-0.05, 0) is 34.9 Å². The van der Waals surface area contributed by atoms with Crippen LogP contribution in [0.3, 0.4) is 0 Å². The molecule has 206 valence electrons. The Kier molecular flexibility index (Phi) is 8.23. The number of H-pyrrole nitrogens is 1. The van der Waals surface area contributed by atoms with Crippen LogP contribution >= 0.6 is 23.4 Å². The third kappa shape index (κ3) is 5.96. The van der Waals surface area contributed by atoms with Gasteiger partial charge in [-0.15, -0.1) is 11.8 Å². The summed E-state index contributed by atoms with van der Waals surface area (Å²) >= 11 is 7.65. The lowest BCUT2D eigenvalue weighted by Crippen LogP contribution is -2.50. The van der Waals surface area contributed by atoms with Gasteiger partial charge in [-0.25, -0.2) is 0 Å². The lowest BCUT2D eigenvalue weighted by Gasteiger charge is -2.39. The fourth-order valence-corrected chi connectivity index (χ4v) is 6.79. The zero-order valence-corrected chi connectivity index (χ0v) is 24.1. The maximum atomic E-state index is 13.4. The van der Waals surface area contributed by atoms with Crippen molar-refractivity contribution in [2.75, 3.05) is 31.9 Å². The van der Waals surface area contributed by atoms with E-state index in [1.54, 1.807) is 6.07 Å². The van der Waals surface area contributed by atoms with E-state index in [1.165, 1.54) is 22.9 Å². The van der Waals surface area contributed by atoms with Crippen LogP contribution in [0.1, 0.15) is 17.2 Å². The van der Waals surface area contributed by atoms with Gasteiger partial charge in [0.25, 0.3) is 5.56 Å². The van der Waals surface area contributed by atoms with Crippen molar-refractivity contribution in [3.63, 3.8) is 0 Å². The van der Waals surface area contributed by atoms with Crippen LogP contribution in [0.4, 0.5) is 0 Å². The topological polar surface area (TPSA) is 56.4 Å². The number of benzene rings is 4. The fraction of sp³-hybridized carbons (Fsp3) is 0.176. The molecular formula is C34H30ClN3O2S. The molecule has 0 atom stereocenters. The molecule has 0 spiro atoms. The first-order valence-corrected chi connectivity index (χ1v) is 15.1. The quantitative estimate of drug-likeness (QED) is 0.214. The van der Waals surface area contributed by atoms with E-state index in [-0.39, 0.29) is 23.3 Å². The molecule has 4 aromatic carbocycles. The molecule has 2 heterocycles. The lowest BCUT2D eigenvalue weighted by atomic mass is 9.96. The molecule has 0 radical (unpaired) electrons. The van der Waals surface area contributed by atoms with Crippen LogP contribution in [0.2, 0.25) is 5.02 Å². The molecule has 5 aromatic rings. The first kappa shape index (κ1) is 27.3. The Morgan fingerprint density at radius 3 is 2.00 bits per heavy atom. The summed E-state index contributed by atoms with van der Waals surface area (Å²) in [5.41, 5.74) is 4.74. The second-order valence-corrected chi connectivity index (χ2v) is 11.6. The number of nitrogens with one attached hydrogen (secondary N) is 1. The smallest absolute Gasteiger partial charge is 0.262 e. The van der Waals surface area contributed by atoms with E-state index in [4.69, 9.17) is 11.6 Å². The Morgan fingerprint density at radius 1 is 0.805 bits per heavy atom. The van der Waals surface area contributed by atoms with Gasteiger partial charge >= 0.3 is 0 Å². The van der Waals surface area contributed by atoms with E-state index in [2.05, 4.69) is 58.4 Å². The van der Waals surface area contributed by atoms with Crippen molar-refractivity contribution >= 4 is 40.2 Å². The van der Waals surface area contributed by atoms with E-state index in [1.807, 2.05) is 59.5 Å². The Bertz CT molecular complexity index is 1660. The predicted molar refractivity (Wildman–Crippen MR) is 169 cm³/mol. The van der Waals surface area contributed by atoms with Crippen molar-refractivity contribution in [3.8, 4) is 11.1 Å². The minimum Gasteiger partial charge on any atom is -0.339 e. The highest BCUT2D eigenvalue weighted by atomic mass is 35.5. The summed E-state index contributed by atoms with van der Waals surface area (Å²) in [6, 6.07) is 36.5. The number of thioether (sulfide) groups is 1. The van der Waals surface area contributed by atoms with Gasteiger partial charge in [0.1, 0.15) is 0 Å². The largest absolute Gasteiger partial charge is 0.339 e. The molecular weight excluding hydrogens is 550 g/mol. The van der Waals surface area contributed by atoms with Crippen molar-refractivity contribution in [3.05, 3.63) is 136 Å². The summed E-state index contributed by atoms with van der Waals surface area (Å²) in [5.74, 6) is 0.228. The Morgan fingerprint density at radius 2 is 1.39 bits per heavy atom. The summed E-state index contributed by atoms with van der Waals surface area (Å²) < 4.78 is 0. The van der Waals surface area contributed by atoms with Gasteiger partial charge in [-0.3, -0.25) is 14.5 Å². The van der Waals surface area contributed by atoms with Gasteiger partial charge in [0.2, 0.25) is 5.91 Å². The molecule has 1 saturated heterocycles. The van der Waals surface area contributed by atoms with E-state index in [0.717, 1.165) is 35.1 Å². The maximum Gasteiger partial charge on any atom is 0.262 e. The van der Waals surface area contributed by atoms with Crippen molar-refractivity contribution in [1.82, 2.24) is 14.8 Å². The van der Waals surface area contributed by atoms with Crippen LogP contribution in [0.25, 0.3) is 22.0 Å². The average molecular weight is 580 g/mol. The molecule has 1 amide bonds. The third-order valence-corrected chi connectivity index (χ3v) is 8.90. The molecule has 0 aliphatic carbocycles. The van der Waals surface area contributed by atoms with Crippen LogP contribution in [-0.2, 0) is 4.79 Å². The Hall–Kier alpha value is -3.84. The van der Waals surface area contributed by atoms with Crippen LogP contribution < -0.4 is 5.56 Å². The Labute approximate surface area is 248 Å². The van der Waals surface area contributed by atoms with Crippen molar-refractivity contribution in [2.24, 2.45) is 0 Å². The van der Waals surface area contributed by atoms with Gasteiger partial charge in [-0.1, -0.05) is 103 Å². The number of nitrogens with zero attached hydrogens (tertiary/aromatic N) is 2. The van der Waals surface area contributed by atoms with Crippen LogP contribution in [0, 0.1) is 0 Å². The predicted octanol–water partition coefficient (Wildman–Crippen LogP) is 6.87. The highest BCUT2D eigenvalue weighted by molar-refractivity contribution is 8.00. The second-order valence-electron chi connectivity index (χ2n) is 10.1. The van der Waals surface area contributed by atoms with Gasteiger partial charge in [0, 0.05) is 47.7 Å². The molecule has 0 bridgehead atoms. The zero-order valence-electron chi connectivity index (χ0n) is 22.5. The molecule has 1 fully saturated rings. The molecule has 1 aliphatic rings. The molecule has 0 saturated carbocycles. The molecule has 6 rings (SSSR count). The second kappa shape index (κ2) is 12.4. The van der Waals surface area contributed by atoms with E-state index in [9.17, 15) is 9.59 Å². The number of hydrogen-bond acceptors (Lipinski definition) is 4. The zero-order chi connectivity index (χ0) is 28.2. The average Bonchev–Trinajstić information content (AvgIpc) is 3.02. The SMILES string of the molecule is O=C(CSc1c(-c2ccccc2)c2cc(Cl)ccc2[nH]c1=O)N1CCN(C(c2ccccc2)c2ccccc2)CC1. The number of carbonyl (C=O) groups excluding carboxylic acids is 1. The first-order chi connectivity index (χ1) is 20.1. The number of hydrogen-bond donors (Lipinski definition) is 1. The molecule has 0 unspecified atom stereocenters. The molecule has 1 N–H and O–H groups in total. The number of fused-ring (bicyclic) bond motifs is 1. The number of amides is 1. The highest BCUT2D eigenvalue weighted by Gasteiger charge is 2.28. The molecule has 7 heteroatoms. The number of pyridine rings is 1. The highest BCUT2D eigenvalue weighted by Crippen LogP contribution is 2.36. The minimum atomic E-state index is -0.199. The number of piperazine rings is 1. The summed E-state index contributed by atoms with van der Waals surface area (Å²) in [5, 5.41) is 1.45. The number of aromatic nitrogens is 1. The Balaban J connectivity index is 1.19. The van der Waals surface area contributed by atoms with E-state index < -0.39 is 0 Å². The van der Waals surface area contributed by atoms with Gasteiger partial charge in [0.05, 0.1) is 16.7 Å². The fourth-order valence-electron chi connectivity index (χ4n) is 5.62. The molecule has 41 heavy (non-hydrogen) atoms. The molecule has 1 aromatic heterocycles. The summed E-state index contributed by atoms with van der Waals surface area (Å²) in [7, 11) is 0. The monoisotopic (exact) mass is 579 g/mol. The van der Waals surface area contributed by atoms with Crippen molar-refractivity contribution in [2.45, 2.75) is 10.9 Å². The summed E-state index contributed by atoms with van der Waals surface area (Å²) in [6.45, 7) is 2.83.